The van der Waals surface area contributed by atoms with Crippen molar-refractivity contribution in [2.75, 3.05) is 10.6 Å². The van der Waals surface area contributed by atoms with Gasteiger partial charge in [-0.3, -0.25) is 9.59 Å². The van der Waals surface area contributed by atoms with Gasteiger partial charge in [0.1, 0.15) is 5.82 Å². The number of carbonyl (C=O) groups is 2. The number of anilines is 2. The Labute approximate surface area is 183 Å². The molecule has 8 nitrogen and oxygen atoms in total. The van der Waals surface area contributed by atoms with Crippen LogP contribution in [0.5, 0.6) is 0 Å². The number of amides is 2. The van der Waals surface area contributed by atoms with E-state index in [0.29, 0.717) is 16.1 Å². The van der Waals surface area contributed by atoms with E-state index in [2.05, 4.69) is 25.8 Å². The summed E-state index contributed by atoms with van der Waals surface area (Å²) >= 11 is 2.74. The smallest absolute Gasteiger partial charge is 0.239 e. The van der Waals surface area contributed by atoms with Crippen LogP contribution < -0.4 is 10.6 Å². The Kier molecular flexibility index (Phi) is 6.88. The van der Waals surface area contributed by atoms with Gasteiger partial charge in [-0.05, 0) is 39.3 Å². The summed E-state index contributed by atoms with van der Waals surface area (Å²) in [5.41, 5.74) is 2.68. The number of benzene rings is 1. The van der Waals surface area contributed by atoms with Crippen LogP contribution >= 0.6 is 23.1 Å². The maximum absolute atomic E-state index is 12.5. The molecule has 158 valence electrons. The SMILES string of the molecule is Cc1ccccc1NC(=O)Cc1nnc(S[C@H](C)C(=O)Nc2nc(C)c(C)s2)n1C. The minimum Gasteiger partial charge on any atom is -0.325 e. The minimum atomic E-state index is -0.397. The molecule has 3 aromatic rings. The summed E-state index contributed by atoms with van der Waals surface area (Å²) in [4.78, 5) is 30.3. The number of para-hydroxylation sites is 1. The van der Waals surface area contributed by atoms with Crippen LogP contribution in [0.25, 0.3) is 0 Å². The van der Waals surface area contributed by atoms with E-state index in [9.17, 15) is 9.59 Å². The molecule has 2 heterocycles. The van der Waals surface area contributed by atoms with Gasteiger partial charge >= 0.3 is 0 Å². The molecule has 0 aliphatic carbocycles. The third-order valence-electron chi connectivity index (χ3n) is 4.57. The molecule has 0 saturated heterocycles. The number of hydrogen-bond donors (Lipinski definition) is 2. The lowest BCUT2D eigenvalue weighted by molar-refractivity contribution is -0.116. The fraction of sp³-hybridized carbons (Fsp3) is 0.350. The summed E-state index contributed by atoms with van der Waals surface area (Å²) < 4.78 is 1.74. The number of aromatic nitrogens is 4. The lowest BCUT2D eigenvalue weighted by atomic mass is 10.2. The first-order valence-corrected chi connectivity index (χ1v) is 11.1. The van der Waals surface area contributed by atoms with Crippen molar-refractivity contribution in [3.8, 4) is 0 Å². The van der Waals surface area contributed by atoms with E-state index in [1.54, 1.807) is 18.5 Å². The van der Waals surface area contributed by atoms with Gasteiger partial charge in [-0.15, -0.1) is 21.5 Å². The second-order valence-corrected chi connectivity index (χ2v) is 9.42. The monoisotopic (exact) mass is 444 g/mol. The second kappa shape index (κ2) is 9.40. The molecule has 0 aliphatic heterocycles. The molecule has 0 fully saturated rings. The van der Waals surface area contributed by atoms with Gasteiger partial charge in [0.2, 0.25) is 11.8 Å². The molecule has 0 unspecified atom stereocenters. The van der Waals surface area contributed by atoms with Crippen LogP contribution in [0.2, 0.25) is 0 Å². The summed E-state index contributed by atoms with van der Waals surface area (Å²) in [6, 6.07) is 7.59. The molecule has 0 spiro atoms. The number of thioether (sulfide) groups is 1. The van der Waals surface area contributed by atoms with Gasteiger partial charge in [-0.25, -0.2) is 4.98 Å². The standard InChI is InChI=1S/C20H24N6O2S2/c1-11-8-6-7-9-15(11)22-17(27)10-16-24-25-20(26(16)5)30-14(4)18(28)23-19-21-12(2)13(3)29-19/h6-9,14H,10H2,1-5H3,(H,22,27)(H,21,23,28)/t14-/m1/s1. The molecule has 0 radical (unpaired) electrons. The Hall–Kier alpha value is -2.72. The Morgan fingerprint density at radius 2 is 1.90 bits per heavy atom. The van der Waals surface area contributed by atoms with E-state index >= 15 is 0 Å². The first-order valence-electron chi connectivity index (χ1n) is 9.40. The molecule has 0 bridgehead atoms. The highest BCUT2D eigenvalue weighted by molar-refractivity contribution is 8.00. The van der Waals surface area contributed by atoms with Crippen molar-refractivity contribution >= 4 is 45.7 Å². The summed E-state index contributed by atoms with van der Waals surface area (Å²) in [7, 11) is 1.79. The van der Waals surface area contributed by atoms with Crippen molar-refractivity contribution in [2.24, 2.45) is 7.05 Å². The third kappa shape index (κ3) is 5.25. The predicted molar refractivity (Wildman–Crippen MR) is 120 cm³/mol. The van der Waals surface area contributed by atoms with Gasteiger partial charge in [-0.2, -0.15) is 0 Å². The Morgan fingerprint density at radius 1 is 1.17 bits per heavy atom. The van der Waals surface area contributed by atoms with E-state index < -0.39 is 5.25 Å². The highest BCUT2D eigenvalue weighted by atomic mass is 32.2. The number of thiazole rings is 1. The molecule has 1 aromatic carbocycles. The number of rotatable bonds is 7. The normalized spacial score (nSPS) is 11.9. The van der Waals surface area contributed by atoms with Crippen molar-refractivity contribution in [2.45, 2.75) is 44.5 Å². The molecule has 1 atom stereocenters. The fourth-order valence-electron chi connectivity index (χ4n) is 2.60. The van der Waals surface area contributed by atoms with Gasteiger partial charge in [0, 0.05) is 17.6 Å². The van der Waals surface area contributed by atoms with Crippen molar-refractivity contribution in [1.29, 1.82) is 0 Å². The summed E-state index contributed by atoms with van der Waals surface area (Å²) in [5.74, 6) is 0.203. The summed E-state index contributed by atoms with van der Waals surface area (Å²) in [5, 5.41) is 14.8. The number of nitrogens with one attached hydrogen (secondary N) is 2. The van der Waals surface area contributed by atoms with Crippen LogP contribution in [0.3, 0.4) is 0 Å². The van der Waals surface area contributed by atoms with Crippen LogP contribution in [-0.4, -0.2) is 36.8 Å². The van der Waals surface area contributed by atoms with E-state index in [0.717, 1.165) is 21.8 Å². The lowest BCUT2D eigenvalue weighted by Gasteiger charge is -2.10. The molecule has 2 amide bonds. The van der Waals surface area contributed by atoms with Gasteiger partial charge in [0.25, 0.3) is 0 Å². The first-order chi connectivity index (χ1) is 14.2. The largest absolute Gasteiger partial charge is 0.325 e. The van der Waals surface area contributed by atoms with Gasteiger partial charge in [0.05, 0.1) is 17.4 Å². The van der Waals surface area contributed by atoms with Crippen LogP contribution in [-0.2, 0) is 23.1 Å². The molecule has 2 N–H and O–H groups in total. The molecule has 2 aromatic heterocycles. The molecule has 30 heavy (non-hydrogen) atoms. The number of nitrogens with zero attached hydrogens (tertiary/aromatic N) is 4. The van der Waals surface area contributed by atoms with Gasteiger partial charge < -0.3 is 15.2 Å². The van der Waals surface area contributed by atoms with Crippen molar-refractivity contribution in [1.82, 2.24) is 19.7 Å². The Bertz CT molecular complexity index is 1060. The number of carbonyl (C=O) groups excluding carboxylic acids is 2. The van der Waals surface area contributed by atoms with Crippen molar-refractivity contribution in [3.05, 3.63) is 46.2 Å². The quantitative estimate of drug-likeness (QED) is 0.541. The zero-order valence-electron chi connectivity index (χ0n) is 17.5. The van der Waals surface area contributed by atoms with E-state index in [1.807, 2.05) is 45.0 Å². The molecule has 10 heteroatoms. The topological polar surface area (TPSA) is 102 Å². The van der Waals surface area contributed by atoms with Crippen LogP contribution in [0, 0.1) is 20.8 Å². The van der Waals surface area contributed by atoms with Crippen LogP contribution in [0.4, 0.5) is 10.8 Å². The van der Waals surface area contributed by atoms with Crippen LogP contribution in [0.1, 0.15) is 28.9 Å². The molecule has 0 saturated carbocycles. The third-order valence-corrected chi connectivity index (χ3v) is 6.70. The van der Waals surface area contributed by atoms with Crippen molar-refractivity contribution in [3.63, 3.8) is 0 Å². The molecular weight excluding hydrogens is 420 g/mol. The maximum atomic E-state index is 12.5. The average Bonchev–Trinajstić information content (AvgIpc) is 3.19. The molecule has 0 aliphatic rings. The Morgan fingerprint density at radius 3 is 2.57 bits per heavy atom. The number of hydrogen-bond acceptors (Lipinski definition) is 7. The predicted octanol–water partition coefficient (Wildman–Crippen LogP) is 3.50. The zero-order chi connectivity index (χ0) is 21.8. The van der Waals surface area contributed by atoms with Crippen molar-refractivity contribution < 1.29 is 9.59 Å². The highest BCUT2D eigenvalue weighted by Gasteiger charge is 2.21. The maximum Gasteiger partial charge on any atom is 0.239 e. The van der Waals surface area contributed by atoms with E-state index in [1.165, 1.54) is 23.1 Å². The second-order valence-electron chi connectivity index (χ2n) is 6.91. The van der Waals surface area contributed by atoms with E-state index in [4.69, 9.17) is 0 Å². The minimum absolute atomic E-state index is 0.0939. The van der Waals surface area contributed by atoms with Gasteiger partial charge in [0.15, 0.2) is 10.3 Å². The molecule has 3 rings (SSSR count). The summed E-state index contributed by atoms with van der Waals surface area (Å²) in [6.07, 6.45) is 0.0939. The number of aryl methyl sites for hydroxylation is 3. The zero-order valence-corrected chi connectivity index (χ0v) is 19.1. The van der Waals surface area contributed by atoms with E-state index in [-0.39, 0.29) is 18.2 Å². The van der Waals surface area contributed by atoms with Crippen LogP contribution in [0.15, 0.2) is 29.4 Å². The Balaban J connectivity index is 1.59. The highest BCUT2D eigenvalue weighted by Crippen LogP contribution is 2.25. The van der Waals surface area contributed by atoms with Gasteiger partial charge in [-0.1, -0.05) is 30.0 Å². The fourth-order valence-corrected chi connectivity index (χ4v) is 4.25. The summed E-state index contributed by atoms with van der Waals surface area (Å²) in [6.45, 7) is 7.62. The first kappa shape index (κ1) is 22.0. The average molecular weight is 445 g/mol. The molecular formula is C20H24N6O2S2. The lowest BCUT2D eigenvalue weighted by Crippen LogP contribution is -2.23.